The van der Waals surface area contributed by atoms with Crippen LogP contribution < -0.4 is 5.32 Å². The normalized spacial score (nSPS) is 36.5. The first-order valence-electron chi connectivity index (χ1n) is 7.94. The molecule has 0 bridgehead atoms. The Hall–Kier alpha value is 0.250. The Labute approximate surface area is 118 Å². The van der Waals surface area contributed by atoms with Crippen LogP contribution in [0, 0.1) is 17.3 Å². The van der Waals surface area contributed by atoms with E-state index in [-0.39, 0.29) is 0 Å². The Morgan fingerprint density at radius 2 is 1.78 bits per heavy atom. The van der Waals surface area contributed by atoms with Crippen molar-refractivity contribution in [2.24, 2.45) is 17.3 Å². The maximum Gasteiger partial charge on any atom is 0.0292 e. The van der Waals surface area contributed by atoms with Gasteiger partial charge in [-0.1, -0.05) is 33.1 Å². The molecule has 0 spiro atoms. The number of nitrogens with one attached hydrogen (secondary N) is 1. The average molecular weight is 272 g/mol. The molecular formula is C16H30ClN. The van der Waals surface area contributed by atoms with Gasteiger partial charge in [0.1, 0.15) is 0 Å². The predicted octanol–water partition coefficient (Wildman–Crippen LogP) is 4.59. The van der Waals surface area contributed by atoms with Gasteiger partial charge in [-0.15, -0.1) is 11.6 Å². The van der Waals surface area contributed by atoms with Crippen LogP contribution in [-0.2, 0) is 0 Å². The van der Waals surface area contributed by atoms with Crippen molar-refractivity contribution in [3.63, 3.8) is 0 Å². The number of alkyl halides is 1. The summed E-state index contributed by atoms with van der Waals surface area (Å²) in [6.07, 6.45) is 11.0. The van der Waals surface area contributed by atoms with E-state index in [0.29, 0.717) is 5.41 Å². The van der Waals surface area contributed by atoms with Gasteiger partial charge in [-0.2, -0.15) is 0 Å². The summed E-state index contributed by atoms with van der Waals surface area (Å²) in [5.74, 6) is 2.65. The Bertz CT molecular complexity index is 247. The van der Waals surface area contributed by atoms with Crippen molar-refractivity contribution >= 4 is 11.6 Å². The Balaban J connectivity index is 1.79. The average Bonchev–Trinajstić information content (AvgIpc) is 2.41. The van der Waals surface area contributed by atoms with E-state index in [0.717, 1.165) is 30.3 Å². The number of halogens is 1. The zero-order chi connectivity index (χ0) is 13.0. The molecule has 3 atom stereocenters. The minimum absolute atomic E-state index is 0.409. The summed E-state index contributed by atoms with van der Waals surface area (Å²) in [6.45, 7) is 5.97. The maximum absolute atomic E-state index is 6.27. The van der Waals surface area contributed by atoms with Gasteiger partial charge in [0.05, 0.1) is 0 Å². The molecule has 0 radical (unpaired) electrons. The molecular weight excluding hydrogens is 242 g/mol. The molecule has 0 aromatic rings. The van der Waals surface area contributed by atoms with Gasteiger partial charge in [0.2, 0.25) is 0 Å². The minimum atomic E-state index is 0.409. The second-order valence-electron chi connectivity index (χ2n) is 7.04. The molecule has 0 aliphatic heterocycles. The minimum Gasteiger partial charge on any atom is -0.313 e. The highest BCUT2D eigenvalue weighted by atomic mass is 35.5. The molecule has 2 rings (SSSR count). The largest absolute Gasteiger partial charge is 0.313 e. The second-order valence-corrected chi connectivity index (χ2v) is 7.31. The zero-order valence-corrected chi connectivity index (χ0v) is 12.9. The molecule has 2 aliphatic carbocycles. The van der Waals surface area contributed by atoms with Crippen LogP contribution in [0.3, 0.4) is 0 Å². The highest BCUT2D eigenvalue weighted by Crippen LogP contribution is 2.37. The summed E-state index contributed by atoms with van der Waals surface area (Å²) in [7, 11) is 0. The third-order valence-corrected chi connectivity index (χ3v) is 6.13. The van der Waals surface area contributed by atoms with Crippen LogP contribution in [0.25, 0.3) is 0 Å². The molecule has 0 heterocycles. The van der Waals surface area contributed by atoms with Crippen LogP contribution in [0.2, 0.25) is 0 Å². The van der Waals surface area contributed by atoms with Crippen molar-refractivity contribution in [2.75, 3.05) is 12.4 Å². The fourth-order valence-corrected chi connectivity index (χ4v) is 4.11. The first-order valence-corrected chi connectivity index (χ1v) is 8.48. The summed E-state index contributed by atoms with van der Waals surface area (Å²) in [5.41, 5.74) is 0.409. The topological polar surface area (TPSA) is 12.0 Å². The predicted molar refractivity (Wildman–Crippen MR) is 80.2 cm³/mol. The van der Waals surface area contributed by atoms with Gasteiger partial charge in [0.25, 0.3) is 0 Å². The van der Waals surface area contributed by atoms with E-state index >= 15 is 0 Å². The first kappa shape index (κ1) is 14.7. The van der Waals surface area contributed by atoms with Crippen molar-refractivity contribution in [3.8, 4) is 0 Å². The second kappa shape index (κ2) is 6.61. The van der Waals surface area contributed by atoms with Gasteiger partial charge in [0.15, 0.2) is 0 Å². The molecule has 2 fully saturated rings. The Morgan fingerprint density at radius 3 is 2.39 bits per heavy atom. The van der Waals surface area contributed by atoms with Crippen LogP contribution in [0.15, 0.2) is 0 Å². The van der Waals surface area contributed by atoms with Crippen LogP contribution in [0.1, 0.15) is 65.2 Å². The van der Waals surface area contributed by atoms with Crippen molar-refractivity contribution in [1.82, 2.24) is 5.32 Å². The molecule has 1 N–H and O–H groups in total. The fraction of sp³-hybridized carbons (Fsp3) is 1.00. The van der Waals surface area contributed by atoms with E-state index in [4.69, 9.17) is 11.6 Å². The highest BCUT2D eigenvalue weighted by molar-refractivity contribution is 6.18. The Kier molecular flexibility index (Phi) is 5.38. The third-order valence-electron chi connectivity index (χ3n) is 5.56. The van der Waals surface area contributed by atoms with E-state index in [1.54, 1.807) is 0 Å². The standard InChI is InChI=1S/C16H30ClN/c1-13-6-7-15(10-14(13)2)18-12-16(11-17)8-4-3-5-9-16/h13-15,18H,3-12H2,1-2H3. The van der Waals surface area contributed by atoms with Gasteiger partial charge in [-0.05, 0) is 49.4 Å². The molecule has 0 aromatic heterocycles. The van der Waals surface area contributed by atoms with Crippen LogP contribution in [0.4, 0.5) is 0 Å². The van der Waals surface area contributed by atoms with Crippen LogP contribution >= 0.6 is 11.6 Å². The quantitative estimate of drug-likeness (QED) is 0.738. The van der Waals surface area contributed by atoms with Crippen molar-refractivity contribution < 1.29 is 0 Å². The fourth-order valence-electron chi connectivity index (χ4n) is 3.75. The highest BCUT2D eigenvalue weighted by Gasteiger charge is 2.32. The first-order chi connectivity index (χ1) is 8.65. The molecule has 18 heavy (non-hydrogen) atoms. The lowest BCUT2D eigenvalue weighted by Gasteiger charge is -2.39. The maximum atomic E-state index is 6.27. The molecule has 2 saturated carbocycles. The molecule has 3 unspecified atom stereocenters. The lowest BCUT2D eigenvalue weighted by atomic mass is 9.74. The van der Waals surface area contributed by atoms with Gasteiger partial charge < -0.3 is 5.32 Å². The van der Waals surface area contributed by atoms with E-state index < -0.39 is 0 Å². The van der Waals surface area contributed by atoms with E-state index in [1.807, 2.05) is 0 Å². The molecule has 2 heteroatoms. The molecule has 0 amide bonds. The summed E-state index contributed by atoms with van der Waals surface area (Å²) >= 11 is 6.27. The lowest BCUT2D eigenvalue weighted by Crippen LogP contribution is -2.44. The molecule has 1 nitrogen and oxygen atoms in total. The smallest absolute Gasteiger partial charge is 0.0292 e. The van der Waals surface area contributed by atoms with Crippen LogP contribution in [-0.4, -0.2) is 18.5 Å². The van der Waals surface area contributed by atoms with E-state index in [2.05, 4.69) is 19.2 Å². The number of rotatable bonds is 4. The molecule has 106 valence electrons. The van der Waals surface area contributed by atoms with E-state index in [1.165, 1.54) is 51.4 Å². The van der Waals surface area contributed by atoms with Gasteiger partial charge in [-0.3, -0.25) is 0 Å². The molecule has 0 saturated heterocycles. The van der Waals surface area contributed by atoms with Crippen molar-refractivity contribution in [3.05, 3.63) is 0 Å². The molecule has 2 aliphatic rings. The van der Waals surface area contributed by atoms with Crippen molar-refractivity contribution in [2.45, 2.75) is 71.3 Å². The van der Waals surface area contributed by atoms with E-state index in [9.17, 15) is 0 Å². The lowest BCUT2D eigenvalue weighted by molar-refractivity contribution is 0.174. The molecule has 0 aromatic carbocycles. The monoisotopic (exact) mass is 271 g/mol. The summed E-state index contributed by atoms with van der Waals surface area (Å²) in [4.78, 5) is 0. The number of hydrogen-bond donors (Lipinski definition) is 1. The van der Waals surface area contributed by atoms with Gasteiger partial charge >= 0.3 is 0 Å². The summed E-state index contributed by atoms with van der Waals surface area (Å²) in [6, 6.07) is 0.748. The summed E-state index contributed by atoms with van der Waals surface area (Å²) in [5, 5.41) is 3.85. The van der Waals surface area contributed by atoms with Gasteiger partial charge in [-0.25, -0.2) is 0 Å². The SMILES string of the molecule is CC1CCC(NCC2(CCl)CCCCC2)CC1C. The van der Waals surface area contributed by atoms with Crippen molar-refractivity contribution in [1.29, 1.82) is 0 Å². The zero-order valence-electron chi connectivity index (χ0n) is 12.2. The van der Waals surface area contributed by atoms with Gasteiger partial charge in [0, 0.05) is 18.5 Å². The summed E-state index contributed by atoms with van der Waals surface area (Å²) < 4.78 is 0. The third kappa shape index (κ3) is 3.63. The number of hydrogen-bond acceptors (Lipinski definition) is 1. The Morgan fingerprint density at radius 1 is 1.06 bits per heavy atom. The van der Waals surface area contributed by atoms with Crippen LogP contribution in [0.5, 0.6) is 0 Å².